The van der Waals surface area contributed by atoms with Gasteiger partial charge in [0, 0.05) is 24.2 Å². The number of para-hydroxylation sites is 2. The lowest BCUT2D eigenvalue weighted by atomic mass is 9.92. The number of fused-ring (bicyclic) bond motifs is 1. The number of anilines is 1. The molecule has 1 amide bonds. The lowest BCUT2D eigenvalue weighted by Crippen LogP contribution is -2.56. The van der Waals surface area contributed by atoms with Crippen LogP contribution < -0.4 is 10.1 Å². The molecule has 31 heavy (non-hydrogen) atoms. The molecule has 1 aliphatic heterocycles. The molecule has 160 valence electrons. The molecule has 0 spiro atoms. The van der Waals surface area contributed by atoms with Crippen LogP contribution in [0.5, 0.6) is 5.75 Å². The number of carbonyl (C=O) groups is 1. The summed E-state index contributed by atoms with van der Waals surface area (Å²) in [7, 11) is 0. The predicted molar refractivity (Wildman–Crippen MR) is 125 cm³/mol. The number of amides is 1. The van der Waals surface area contributed by atoms with E-state index < -0.39 is 5.66 Å². The maximum atomic E-state index is 13.5. The summed E-state index contributed by atoms with van der Waals surface area (Å²) in [6, 6.07) is 26.1. The molecule has 0 aromatic heterocycles. The zero-order chi connectivity index (χ0) is 21.7. The quantitative estimate of drug-likeness (QED) is 0.503. The molecule has 1 N–H and O–H groups in total. The molecule has 4 heteroatoms. The number of unbranched alkanes of at least 4 members (excludes halogenated alkanes) is 1. The fourth-order valence-electron chi connectivity index (χ4n) is 4.23. The average molecular weight is 415 g/mol. The minimum atomic E-state index is -0.691. The maximum Gasteiger partial charge on any atom is 0.258 e. The summed E-state index contributed by atoms with van der Waals surface area (Å²) in [6.07, 6.45) is 2.81. The molecule has 0 saturated carbocycles. The zero-order valence-electron chi connectivity index (χ0n) is 18.3. The summed E-state index contributed by atoms with van der Waals surface area (Å²) in [5, 5.41) is 3.65. The van der Waals surface area contributed by atoms with E-state index in [1.54, 1.807) is 0 Å². The normalized spacial score (nSPS) is 17.7. The summed E-state index contributed by atoms with van der Waals surface area (Å²) in [6.45, 7) is 5.49. The Morgan fingerprint density at radius 2 is 1.65 bits per heavy atom. The third-order valence-corrected chi connectivity index (χ3v) is 5.96. The molecule has 1 atom stereocenters. The van der Waals surface area contributed by atoms with E-state index in [1.165, 1.54) is 5.56 Å². The highest BCUT2D eigenvalue weighted by molar-refractivity contribution is 6.02. The Balaban J connectivity index is 1.65. The van der Waals surface area contributed by atoms with Gasteiger partial charge in [0.05, 0.1) is 12.2 Å². The Morgan fingerprint density at radius 1 is 0.935 bits per heavy atom. The van der Waals surface area contributed by atoms with E-state index in [0.717, 1.165) is 41.8 Å². The Labute approximate surface area is 184 Å². The highest BCUT2D eigenvalue weighted by atomic mass is 16.5. The van der Waals surface area contributed by atoms with Gasteiger partial charge >= 0.3 is 0 Å². The number of rotatable bonds is 8. The molecule has 3 aromatic carbocycles. The van der Waals surface area contributed by atoms with Gasteiger partial charge in [-0.15, -0.1) is 0 Å². The van der Waals surface area contributed by atoms with Gasteiger partial charge in [0.25, 0.3) is 5.91 Å². The lowest BCUT2D eigenvalue weighted by molar-refractivity contribution is 0.0525. The van der Waals surface area contributed by atoms with Crippen molar-refractivity contribution in [3.05, 3.63) is 95.6 Å². The third kappa shape index (κ3) is 4.29. The largest absolute Gasteiger partial charge is 0.493 e. The maximum absolute atomic E-state index is 13.5. The van der Waals surface area contributed by atoms with Crippen molar-refractivity contribution < 1.29 is 9.53 Å². The molecule has 4 nitrogen and oxygen atoms in total. The second kappa shape index (κ2) is 9.25. The molecule has 3 aromatic rings. The summed E-state index contributed by atoms with van der Waals surface area (Å²) in [5.74, 6) is 0.867. The van der Waals surface area contributed by atoms with Crippen LogP contribution in [0.2, 0.25) is 0 Å². The molecule has 0 saturated heterocycles. The third-order valence-electron chi connectivity index (χ3n) is 5.96. The van der Waals surface area contributed by atoms with Crippen molar-refractivity contribution in [1.29, 1.82) is 0 Å². The number of carbonyl (C=O) groups excluding carboxylic acids is 1. The first kappa shape index (κ1) is 21.0. The van der Waals surface area contributed by atoms with Gasteiger partial charge in [-0.25, -0.2) is 0 Å². The van der Waals surface area contributed by atoms with Crippen LogP contribution in [0, 0.1) is 0 Å². The van der Waals surface area contributed by atoms with E-state index in [4.69, 9.17) is 4.74 Å². The summed E-state index contributed by atoms with van der Waals surface area (Å²) in [4.78, 5) is 15.4. The van der Waals surface area contributed by atoms with Crippen LogP contribution >= 0.6 is 0 Å². The van der Waals surface area contributed by atoms with Crippen LogP contribution in [0.4, 0.5) is 5.69 Å². The van der Waals surface area contributed by atoms with Gasteiger partial charge in [-0.2, -0.15) is 0 Å². The minimum absolute atomic E-state index is 0.0596. The molecular weight excluding hydrogens is 384 g/mol. The van der Waals surface area contributed by atoms with Crippen molar-refractivity contribution in [3.8, 4) is 5.75 Å². The van der Waals surface area contributed by atoms with Crippen molar-refractivity contribution in [2.24, 2.45) is 0 Å². The smallest absolute Gasteiger partial charge is 0.258 e. The molecule has 4 rings (SSSR count). The van der Waals surface area contributed by atoms with Gasteiger partial charge in [0.1, 0.15) is 11.4 Å². The van der Waals surface area contributed by atoms with E-state index in [9.17, 15) is 4.79 Å². The van der Waals surface area contributed by atoms with E-state index in [0.29, 0.717) is 13.2 Å². The van der Waals surface area contributed by atoms with Gasteiger partial charge in [0.2, 0.25) is 0 Å². The lowest BCUT2D eigenvalue weighted by Gasteiger charge is -2.47. The number of nitrogens with one attached hydrogen (secondary N) is 1. The molecule has 1 heterocycles. The van der Waals surface area contributed by atoms with E-state index in [1.807, 2.05) is 65.6 Å². The van der Waals surface area contributed by atoms with Crippen LogP contribution in [0.1, 0.15) is 48.2 Å². The molecule has 0 radical (unpaired) electrons. The Kier molecular flexibility index (Phi) is 6.26. The van der Waals surface area contributed by atoms with Crippen LogP contribution in [-0.4, -0.2) is 24.0 Å². The first-order valence-electron chi connectivity index (χ1n) is 11.1. The summed E-state index contributed by atoms with van der Waals surface area (Å²) in [5.41, 5.74) is 3.11. The van der Waals surface area contributed by atoms with Gasteiger partial charge < -0.3 is 15.0 Å². The SMILES string of the molecule is CCCCN1C(=O)c2ccccc2NC1(C)c1ccccc1OCCc1ccccc1. The fraction of sp³-hybridized carbons (Fsp3) is 0.296. The molecular formula is C27H30N2O2. The van der Waals surface area contributed by atoms with Gasteiger partial charge in [-0.3, -0.25) is 4.79 Å². The Bertz CT molecular complexity index is 1030. The van der Waals surface area contributed by atoms with Gasteiger partial charge in [-0.1, -0.05) is 74.0 Å². The first-order chi connectivity index (χ1) is 15.1. The van der Waals surface area contributed by atoms with Crippen LogP contribution in [-0.2, 0) is 12.1 Å². The highest BCUT2D eigenvalue weighted by Gasteiger charge is 2.43. The topological polar surface area (TPSA) is 41.6 Å². The van der Waals surface area contributed by atoms with Crippen molar-refractivity contribution in [2.75, 3.05) is 18.5 Å². The van der Waals surface area contributed by atoms with Crippen molar-refractivity contribution in [3.63, 3.8) is 0 Å². The van der Waals surface area contributed by atoms with Crippen LogP contribution in [0.3, 0.4) is 0 Å². The number of benzene rings is 3. The summed E-state index contributed by atoms with van der Waals surface area (Å²) >= 11 is 0. The Hall–Kier alpha value is -3.27. The molecule has 0 bridgehead atoms. The first-order valence-corrected chi connectivity index (χ1v) is 11.1. The van der Waals surface area contributed by atoms with Gasteiger partial charge in [-0.05, 0) is 37.1 Å². The predicted octanol–water partition coefficient (Wildman–Crippen LogP) is 5.85. The second-order valence-electron chi connectivity index (χ2n) is 8.13. The molecule has 1 unspecified atom stereocenters. The standard InChI is InChI=1S/C27H30N2O2/c1-3-4-19-29-26(30)22-14-8-10-16-24(22)28-27(29,2)23-15-9-11-17-25(23)31-20-18-21-12-6-5-7-13-21/h5-17,28H,3-4,18-20H2,1-2H3. The van der Waals surface area contributed by atoms with Gasteiger partial charge in [0.15, 0.2) is 0 Å². The minimum Gasteiger partial charge on any atom is -0.493 e. The monoisotopic (exact) mass is 414 g/mol. The highest BCUT2D eigenvalue weighted by Crippen LogP contribution is 2.41. The number of hydrogen-bond donors (Lipinski definition) is 1. The number of ether oxygens (including phenoxy) is 1. The second-order valence-corrected chi connectivity index (χ2v) is 8.13. The fourth-order valence-corrected chi connectivity index (χ4v) is 4.23. The molecule has 0 fully saturated rings. The van der Waals surface area contributed by atoms with E-state index in [-0.39, 0.29) is 5.91 Å². The summed E-state index contributed by atoms with van der Waals surface area (Å²) < 4.78 is 6.26. The zero-order valence-corrected chi connectivity index (χ0v) is 18.3. The molecule has 0 aliphatic carbocycles. The molecule has 1 aliphatic rings. The Morgan fingerprint density at radius 3 is 2.45 bits per heavy atom. The number of hydrogen-bond acceptors (Lipinski definition) is 3. The van der Waals surface area contributed by atoms with Crippen LogP contribution in [0.25, 0.3) is 0 Å². The number of nitrogens with zero attached hydrogens (tertiary/aromatic N) is 1. The van der Waals surface area contributed by atoms with Crippen molar-refractivity contribution in [1.82, 2.24) is 4.90 Å². The average Bonchev–Trinajstić information content (AvgIpc) is 2.80. The van der Waals surface area contributed by atoms with Crippen molar-refractivity contribution >= 4 is 11.6 Å². The van der Waals surface area contributed by atoms with Crippen LogP contribution in [0.15, 0.2) is 78.9 Å². The van der Waals surface area contributed by atoms with Crippen molar-refractivity contribution in [2.45, 2.75) is 38.8 Å². The van der Waals surface area contributed by atoms with E-state index in [2.05, 4.69) is 37.4 Å². The van der Waals surface area contributed by atoms with E-state index >= 15 is 0 Å².